The molecule has 0 amide bonds. The van der Waals surface area contributed by atoms with Gasteiger partial charge >= 0.3 is 0 Å². The van der Waals surface area contributed by atoms with Crippen LogP contribution < -0.4 is 5.56 Å². The monoisotopic (exact) mass is 251 g/mol. The summed E-state index contributed by atoms with van der Waals surface area (Å²) >= 11 is 0. The maximum Gasteiger partial charge on any atom is 0.269 e. The first kappa shape index (κ1) is 12.8. The van der Waals surface area contributed by atoms with Crippen molar-refractivity contribution in [2.75, 3.05) is 0 Å². The molecule has 0 atom stereocenters. The molecule has 0 N–H and O–H groups in total. The maximum atomic E-state index is 12.2. The van der Waals surface area contributed by atoms with Crippen molar-refractivity contribution in [2.24, 2.45) is 0 Å². The fourth-order valence-corrected chi connectivity index (χ4v) is 1.83. The van der Waals surface area contributed by atoms with E-state index in [0.29, 0.717) is 17.9 Å². The zero-order valence-corrected chi connectivity index (χ0v) is 10.6. The fourth-order valence-electron chi connectivity index (χ4n) is 1.83. The minimum Gasteiger partial charge on any atom is -0.302 e. The molecule has 94 valence electrons. The van der Waals surface area contributed by atoms with Crippen molar-refractivity contribution >= 4 is 0 Å². The molecule has 0 aliphatic rings. The number of rotatable bonds is 3. The van der Waals surface area contributed by atoms with E-state index in [0.717, 1.165) is 5.57 Å². The first-order chi connectivity index (χ1) is 9.13. The highest BCUT2D eigenvalue weighted by Crippen LogP contribution is 2.16. The molecule has 0 spiro atoms. The van der Waals surface area contributed by atoms with Crippen LogP contribution in [-0.4, -0.2) is 9.55 Å². The van der Waals surface area contributed by atoms with E-state index in [1.165, 1.54) is 10.6 Å². The topological polar surface area (TPSA) is 58.7 Å². The van der Waals surface area contributed by atoms with Crippen LogP contribution in [-0.2, 0) is 6.54 Å². The van der Waals surface area contributed by atoms with Crippen molar-refractivity contribution in [1.29, 1.82) is 5.26 Å². The van der Waals surface area contributed by atoms with Crippen LogP contribution in [0.1, 0.15) is 12.5 Å². The Kier molecular flexibility index (Phi) is 3.58. The molecule has 0 bridgehead atoms. The van der Waals surface area contributed by atoms with Crippen LogP contribution in [0, 0.1) is 11.3 Å². The molecule has 2 aromatic heterocycles. The van der Waals surface area contributed by atoms with Gasteiger partial charge in [-0.2, -0.15) is 5.26 Å². The molecule has 4 nitrogen and oxygen atoms in total. The number of hydrogen-bond acceptors (Lipinski definition) is 3. The normalized spacial score (nSPS) is 9.89. The first-order valence-electron chi connectivity index (χ1n) is 5.83. The zero-order chi connectivity index (χ0) is 13.8. The summed E-state index contributed by atoms with van der Waals surface area (Å²) in [6, 6.07) is 10.7. The highest BCUT2D eigenvalue weighted by molar-refractivity contribution is 5.55. The molecule has 0 unspecified atom stereocenters. The van der Waals surface area contributed by atoms with Gasteiger partial charge in [-0.25, -0.2) is 0 Å². The lowest BCUT2D eigenvalue weighted by Crippen LogP contribution is -2.24. The van der Waals surface area contributed by atoms with Gasteiger partial charge in [0.1, 0.15) is 11.6 Å². The second-order valence-electron chi connectivity index (χ2n) is 4.31. The van der Waals surface area contributed by atoms with Gasteiger partial charge in [-0.3, -0.25) is 9.78 Å². The van der Waals surface area contributed by atoms with Crippen molar-refractivity contribution in [1.82, 2.24) is 9.55 Å². The molecule has 0 aliphatic carbocycles. The molecular formula is C15H13N3O. The summed E-state index contributed by atoms with van der Waals surface area (Å²) in [5.74, 6) is 0. The maximum absolute atomic E-state index is 12.2. The second-order valence-corrected chi connectivity index (χ2v) is 4.31. The Morgan fingerprint density at radius 2 is 2.21 bits per heavy atom. The summed E-state index contributed by atoms with van der Waals surface area (Å²) in [4.78, 5) is 16.4. The number of nitriles is 1. The van der Waals surface area contributed by atoms with Crippen molar-refractivity contribution in [3.8, 4) is 17.5 Å². The van der Waals surface area contributed by atoms with E-state index in [1.54, 1.807) is 12.3 Å². The van der Waals surface area contributed by atoms with E-state index in [9.17, 15) is 4.79 Å². The minimum absolute atomic E-state index is 0.126. The molecule has 0 saturated carbocycles. The summed E-state index contributed by atoms with van der Waals surface area (Å²) < 4.78 is 1.53. The zero-order valence-electron chi connectivity index (χ0n) is 10.6. The molecule has 0 saturated heterocycles. The summed E-state index contributed by atoms with van der Waals surface area (Å²) in [5.41, 5.74) is 2.04. The molecule has 0 fully saturated rings. The molecule has 19 heavy (non-hydrogen) atoms. The Hall–Kier alpha value is -2.67. The molecule has 0 aromatic carbocycles. The van der Waals surface area contributed by atoms with Crippen LogP contribution in [0.25, 0.3) is 11.4 Å². The molecule has 2 aromatic rings. The van der Waals surface area contributed by atoms with Crippen molar-refractivity contribution in [2.45, 2.75) is 13.5 Å². The Morgan fingerprint density at radius 1 is 1.42 bits per heavy atom. The van der Waals surface area contributed by atoms with Crippen LogP contribution in [0.2, 0.25) is 0 Å². The van der Waals surface area contributed by atoms with Gasteiger partial charge in [0.25, 0.3) is 5.56 Å². The Labute approximate surface area is 111 Å². The standard InChI is InChI=1S/C15H13N3O/c1-11(2)10-18-14(13-5-3-4-8-17-13)7-6-12(9-16)15(18)19/h3-8H,1,10H2,2H3. The number of aromatic nitrogens is 2. The lowest BCUT2D eigenvalue weighted by molar-refractivity contribution is 0.752. The second kappa shape index (κ2) is 5.32. The molecule has 0 aliphatic heterocycles. The van der Waals surface area contributed by atoms with E-state index in [1.807, 2.05) is 31.2 Å². The third-order valence-electron chi connectivity index (χ3n) is 2.65. The number of hydrogen-bond donors (Lipinski definition) is 0. The van der Waals surface area contributed by atoms with Gasteiger partial charge in [0.2, 0.25) is 0 Å². The minimum atomic E-state index is -0.311. The van der Waals surface area contributed by atoms with E-state index in [-0.39, 0.29) is 11.1 Å². The average Bonchev–Trinajstić information content (AvgIpc) is 2.41. The Balaban J connectivity index is 2.68. The summed E-state index contributed by atoms with van der Waals surface area (Å²) in [6.07, 6.45) is 1.67. The molecule has 2 heterocycles. The van der Waals surface area contributed by atoms with E-state index >= 15 is 0 Å². The number of allylic oxidation sites excluding steroid dienone is 1. The van der Waals surface area contributed by atoms with Crippen LogP contribution in [0.15, 0.2) is 53.5 Å². The van der Waals surface area contributed by atoms with Crippen LogP contribution in [0.3, 0.4) is 0 Å². The summed E-state index contributed by atoms with van der Waals surface area (Å²) in [5, 5.41) is 8.94. The fraction of sp³-hybridized carbons (Fsp3) is 0.133. The number of pyridine rings is 2. The third kappa shape index (κ3) is 2.61. The van der Waals surface area contributed by atoms with Crippen LogP contribution >= 0.6 is 0 Å². The van der Waals surface area contributed by atoms with Gasteiger partial charge in [-0.1, -0.05) is 18.2 Å². The predicted octanol–water partition coefficient (Wildman–Crippen LogP) is 2.36. The summed E-state index contributed by atoms with van der Waals surface area (Å²) in [6.45, 7) is 6.03. The number of nitrogens with zero attached hydrogens (tertiary/aromatic N) is 3. The molecular weight excluding hydrogens is 238 g/mol. The van der Waals surface area contributed by atoms with E-state index in [4.69, 9.17) is 5.26 Å². The summed E-state index contributed by atoms with van der Waals surface area (Å²) in [7, 11) is 0. The Morgan fingerprint density at radius 3 is 2.79 bits per heavy atom. The van der Waals surface area contributed by atoms with Gasteiger partial charge in [-0.15, -0.1) is 0 Å². The highest BCUT2D eigenvalue weighted by Gasteiger charge is 2.10. The van der Waals surface area contributed by atoms with Crippen LogP contribution in [0.5, 0.6) is 0 Å². The SMILES string of the molecule is C=C(C)Cn1c(-c2ccccn2)ccc(C#N)c1=O. The van der Waals surface area contributed by atoms with Gasteiger partial charge < -0.3 is 4.57 Å². The highest BCUT2D eigenvalue weighted by atomic mass is 16.1. The van der Waals surface area contributed by atoms with Crippen molar-refractivity contribution < 1.29 is 0 Å². The van der Waals surface area contributed by atoms with Crippen LogP contribution in [0.4, 0.5) is 0 Å². The van der Waals surface area contributed by atoms with E-state index < -0.39 is 0 Å². The lowest BCUT2D eigenvalue weighted by Gasteiger charge is -2.12. The van der Waals surface area contributed by atoms with Gasteiger partial charge in [0.15, 0.2) is 0 Å². The van der Waals surface area contributed by atoms with Gasteiger partial charge in [0, 0.05) is 12.7 Å². The lowest BCUT2D eigenvalue weighted by atomic mass is 10.2. The average molecular weight is 251 g/mol. The molecule has 4 heteroatoms. The van der Waals surface area contributed by atoms with Crippen molar-refractivity contribution in [3.05, 3.63) is 64.6 Å². The predicted molar refractivity (Wildman–Crippen MR) is 73.5 cm³/mol. The molecule has 0 radical (unpaired) electrons. The van der Waals surface area contributed by atoms with Gasteiger partial charge in [-0.05, 0) is 31.2 Å². The third-order valence-corrected chi connectivity index (χ3v) is 2.65. The Bertz CT molecular complexity index is 708. The quantitative estimate of drug-likeness (QED) is 0.787. The first-order valence-corrected chi connectivity index (χ1v) is 5.83. The smallest absolute Gasteiger partial charge is 0.269 e. The van der Waals surface area contributed by atoms with E-state index in [2.05, 4.69) is 11.6 Å². The van der Waals surface area contributed by atoms with Gasteiger partial charge in [0.05, 0.1) is 11.4 Å². The largest absolute Gasteiger partial charge is 0.302 e. The van der Waals surface area contributed by atoms with Crippen molar-refractivity contribution in [3.63, 3.8) is 0 Å². The molecule has 2 rings (SSSR count).